The Balaban J connectivity index is 1.17. The first-order valence-electron chi connectivity index (χ1n) is 13.2. The minimum Gasteiger partial charge on any atom is -0.457 e. The van der Waals surface area contributed by atoms with Gasteiger partial charge >= 0.3 is 6.03 Å². The zero-order valence-corrected chi connectivity index (χ0v) is 22.3. The molecule has 0 atom stereocenters. The van der Waals surface area contributed by atoms with E-state index in [0.717, 1.165) is 18.9 Å². The predicted octanol–water partition coefficient (Wildman–Crippen LogP) is 5.15. The summed E-state index contributed by atoms with van der Waals surface area (Å²) in [4.78, 5) is 44.1. The summed E-state index contributed by atoms with van der Waals surface area (Å²) in [5.74, 6) is -1.63. The first-order valence-corrected chi connectivity index (χ1v) is 13.2. The first-order chi connectivity index (χ1) is 19.8. The van der Waals surface area contributed by atoms with Crippen molar-refractivity contribution in [2.45, 2.75) is 31.8 Å². The van der Waals surface area contributed by atoms with Gasteiger partial charge in [-0.3, -0.25) is 14.9 Å². The van der Waals surface area contributed by atoms with Gasteiger partial charge in [-0.15, -0.1) is 0 Å². The number of piperidine rings is 1. The van der Waals surface area contributed by atoms with Gasteiger partial charge in [-0.25, -0.2) is 18.6 Å². The predicted molar refractivity (Wildman–Crippen MR) is 147 cm³/mol. The van der Waals surface area contributed by atoms with Crippen LogP contribution in [0.5, 0.6) is 11.5 Å². The van der Waals surface area contributed by atoms with Crippen molar-refractivity contribution < 1.29 is 32.6 Å². The highest BCUT2D eigenvalue weighted by Gasteiger charge is 2.56. The second-order valence-corrected chi connectivity index (χ2v) is 9.97. The number of hydrogen-bond acceptors (Lipinski definition) is 6. The lowest BCUT2D eigenvalue weighted by molar-refractivity contribution is -0.131. The summed E-state index contributed by atoms with van der Waals surface area (Å²) < 4.78 is 39.1. The number of rotatable bonds is 8. The van der Waals surface area contributed by atoms with E-state index in [4.69, 9.17) is 9.47 Å². The van der Waals surface area contributed by atoms with E-state index >= 15 is 0 Å². The number of urea groups is 1. The van der Waals surface area contributed by atoms with E-state index in [1.807, 2.05) is 0 Å². The maximum absolute atomic E-state index is 14.9. The fourth-order valence-electron chi connectivity index (χ4n) is 4.53. The highest BCUT2D eigenvalue weighted by molar-refractivity contribution is 6.16. The van der Waals surface area contributed by atoms with Crippen LogP contribution in [0.3, 0.4) is 0 Å². The van der Waals surface area contributed by atoms with Gasteiger partial charge in [0.05, 0.1) is 11.8 Å². The molecular formula is C29H29F2N5O5. The average molecular weight is 566 g/mol. The van der Waals surface area contributed by atoms with Crippen LogP contribution in [0.25, 0.3) is 0 Å². The number of pyridine rings is 1. The number of aromatic nitrogens is 1. The van der Waals surface area contributed by atoms with Crippen molar-refractivity contribution in [1.29, 1.82) is 0 Å². The van der Waals surface area contributed by atoms with Crippen LogP contribution in [0.4, 0.5) is 30.8 Å². The number of amides is 4. The Hall–Kier alpha value is -4.58. The van der Waals surface area contributed by atoms with Crippen LogP contribution >= 0.6 is 0 Å². The van der Waals surface area contributed by atoms with Gasteiger partial charge in [0.1, 0.15) is 34.4 Å². The maximum Gasteiger partial charge on any atom is 0.323 e. The fourth-order valence-corrected chi connectivity index (χ4v) is 4.53. The zero-order chi connectivity index (χ0) is 29.0. The van der Waals surface area contributed by atoms with Gasteiger partial charge in [0, 0.05) is 44.2 Å². The van der Waals surface area contributed by atoms with Crippen LogP contribution in [0.15, 0.2) is 60.8 Å². The lowest BCUT2D eigenvalue weighted by Gasteiger charge is -2.31. The second kappa shape index (κ2) is 11.9. The smallest absolute Gasteiger partial charge is 0.323 e. The van der Waals surface area contributed by atoms with Gasteiger partial charge < -0.3 is 25.0 Å². The number of halogens is 2. The van der Waals surface area contributed by atoms with Crippen molar-refractivity contribution in [3.05, 3.63) is 72.4 Å². The third kappa shape index (κ3) is 6.60. The molecule has 2 fully saturated rings. The van der Waals surface area contributed by atoms with Gasteiger partial charge in [0.15, 0.2) is 0 Å². The molecule has 1 aliphatic carbocycles. The molecule has 0 spiro atoms. The number of carbonyl (C=O) groups is 3. The van der Waals surface area contributed by atoms with Crippen molar-refractivity contribution in [3.63, 3.8) is 0 Å². The highest BCUT2D eigenvalue weighted by atomic mass is 19.1. The SMILES string of the molecule is COC1CCN(C(=O)Nc2cc(Oc3ccc(NC(=O)C4(C(=O)Nc5ccc(F)cc5)CC4)c(F)c3)ccn2)CC1. The lowest BCUT2D eigenvalue weighted by atomic mass is 10.0. The van der Waals surface area contributed by atoms with E-state index in [1.165, 1.54) is 48.7 Å². The molecule has 3 aromatic rings. The third-order valence-electron chi connectivity index (χ3n) is 7.17. The molecule has 1 saturated carbocycles. The largest absolute Gasteiger partial charge is 0.457 e. The number of carbonyl (C=O) groups excluding carboxylic acids is 3. The Bertz CT molecular complexity index is 1440. The molecule has 0 unspecified atom stereocenters. The van der Waals surface area contributed by atoms with Gasteiger partial charge in [0.2, 0.25) is 11.8 Å². The van der Waals surface area contributed by atoms with Crippen LogP contribution in [-0.2, 0) is 14.3 Å². The molecule has 1 saturated heterocycles. The summed E-state index contributed by atoms with van der Waals surface area (Å²) in [5, 5.41) is 7.84. The normalized spacial score (nSPS) is 16.0. The minimum atomic E-state index is -1.33. The fraction of sp³-hybridized carbons (Fsp3) is 0.310. The molecular weight excluding hydrogens is 536 g/mol. The molecule has 2 heterocycles. The summed E-state index contributed by atoms with van der Waals surface area (Å²) in [6.07, 6.45) is 3.73. The van der Waals surface area contributed by atoms with Gasteiger partial charge in [-0.05, 0) is 68.1 Å². The molecule has 4 amide bonds. The van der Waals surface area contributed by atoms with Crippen LogP contribution in [-0.4, -0.2) is 54.0 Å². The quantitative estimate of drug-likeness (QED) is 0.325. The molecule has 41 heavy (non-hydrogen) atoms. The summed E-state index contributed by atoms with van der Waals surface area (Å²) in [7, 11) is 1.66. The third-order valence-corrected chi connectivity index (χ3v) is 7.17. The van der Waals surface area contributed by atoms with Gasteiger partial charge in [-0.2, -0.15) is 0 Å². The Morgan fingerprint density at radius 2 is 1.59 bits per heavy atom. The molecule has 10 nitrogen and oxygen atoms in total. The summed E-state index contributed by atoms with van der Waals surface area (Å²) in [6.45, 7) is 1.14. The zero-order valence-electron chi connectivity index (χ0n) is 22.3. The second-order valence-electron chi connectivity index (χ2n) is 9.97. The Kier molecular flexibility index (Phi) is 8.11. The maximum atomic E-state index is 14.9. The molecule has 214 valence electrons. The number of ether oxygens (including phenoxy) is 2. The molecule has 0 bridgehead atoms. The molecule has 1 aromatic heterocycles. The van der Waals surface area contributed by atoms with E-state index in [-0.39, 0.29) is 29.4 Å². The van der Waals surface area contributed by atoms with Crippen molar-refractivity contribution in [3.8, 4) is 11.5 Å². The van der Waals surface area contributed by atoms with E-state index in [0.29, 0.717) is 37.4 Å². The first kappa shape index (κ1) is 28.0. The van der Waals surface area contributed by atoms with E-state index < -0.39 is 28.9 Å². The Morgan fingerprint density at radius 3 is 2.24 bits per heavy atom. The number of benzene rings is 2. The van der Waals surface area contributed by atoms with Crippen LogP contribution in [0.1, 0.15) is 25.7 Å². The summed E-state index contributed by atoms with van der Waals surface area (Å²) >= 11 is 0. The molecule has 5 rings (SSSR count). The standard InChI is InChI=1S/C29H29F2N5O5/c1-40-20-9-14-36(15-10-20)28(39)35-25-17-22(8-13-32-25)41-21-6-7-24(23(31)16-21)34-27(38)29(11-12-29)26(37)33-19-4-2-18(30)3-5-19/h2-8,13,16-17,20H,9-12,14-15H2,1H3,(H,33,37)(H,34,38)(H,32,35,39). The topological polar surface area (TPSA) is 122 Å². The lowest BCUT2D eigenvalue weighted by Crippen LogP contribution is -2.42. The number of anilines is 3. The number of likely N-dealkylation sites (tertiary alicyclic amines) is 1. The highest BCUT2D eigenvalue weighted by Crippen LogP contribution is 2.47. The number of hydrogen-bond donors (Lipinski definition) is 3. The molecule has 12 heteroatoms. The number of nitrogens with zero attached hydrogens (tertiary/aromatic N) is 2. The van der Waals surface area contributed by atoms with Crippen molar-refractivity contribution in [1.82, 2.24) is 9.88 Å². The van der Waals surface area contributed by atoms with E-state index in [2.05, 4.69) is 20.9 Å². The van der Waals surface area contributed by atoms with E-state index in [1.54, 1.807) is 18.1 Å². The molecule has 2 aliphatic rings. The van der Waals surface area contributed by atoms with Gasteiger partial charge in [0.25, 0.3) is 0 Å². The molecule has 2 aromatic carbocycles. The van der Waals surface area contributed by atoms with Crippen LogP contribution in [0, 0.1) is 17.0 Å². The van der Waals surface area contributed by atoms with Crippen LogP contribution < -0.4 is 20.7 Å². The van der Waals surface area contributed by atoms with E-state index in [9.17, 15) is 23.2 Å². The van der Waals surface area contributed by atoms with Crippen molar-refractivity contribution >= 4 is 35.0 Å². The minimum absolute atomic E-state index is 0.108. The summed E-state index contributed by atoms with van der Waals surface area (Å²) in [6, 6.07) is 11.9. The monoisotopic (exact) mass is 565 g/mol. The molecule has 1 aliphatic heterocycles. The molecule has 0 radical (unpaired) electrons. The molecule has 3 N–H and O–H groups in total. The summed E-state index contributed by atoms with van der Waals surface area (Å²) in [5.41, 5.74) is -1.08. The van der Waals surface area contributed by atoms with Crippen molar-refractivity contribution in [2.24, 2.45) is 5.41 Å². The number of methoxy groups -OCH3 is 1. The number of nitrogens with one attached hydrogen (secondary N) is 3. The average Bonchev–Trinajstić information content (AvgIpc) is 3.78. The van der Waals surface area contributed by atoms with Crippen molar-refractivity contribution in [2.75, 3.05) is 36.1 Å². The van der Waals surface area contributed by atoms with Crippen LogP contribution in [0.2, 0.25) is 0 Å². The Morgan fingerprint density at radius 1 is 0.902 bits per heavy atom. The Labute approximate surface area is 235 Å². The van der Waals surface area contributed by atoms with Gasteiger partial charge in [-0.1, -0.05) is 0 Å².